The summed E-state index contributed by atoms with van der Waals surface area (Å²) in [6.45, 7) is 2.07. The lowest BCUT2D eigenvalue weighted by atomic mass is 9.76. The number of ether oxygens (including phenoxy) is 1. The van der Waals surface area contributed by atoms with E-state index in [2.05, 4.69) is 11.9 Å². The van der Waals surface area contributed by atoms with Gasteiger partial charge in [-0.05, 0) is 44.6 Å². The highest BCUT2D eigenvalue weighted by molar-refractivity contribution is 4.87. The Kier molecular flexibility index (Phi) is 3.65. The Labute approximate surface area is 92.4 Å². The fourth-order valence-corrected chi connectivity index (χ4v) is 3.12. The summed E-state index contributed by atoms with van der Waals surface area (Å²) >= 11 is 0. The number of aliphatic hydroxyl groups is 1. The minimum Gasteiger partial charge on any atom is -0.393 e. The summed E-state index contributed by atoms with van der Waals surface area (Å²) < 4.78 is 5.23. The van der Waals surface area contributed by atoms with Crippen molar-refractivity contribution in [2.75, 3.05) is 27.3 Å². The molecule has 2 aliphatic rings. The van der Waals surface area contributed by atoms with Crippen molar-refractivity contribution in [1.82, 2.24) is 4.90 Å². The molecule has 88 valence electrons. The Hall–Kier alpha value is -0.120. The summed E-state index contributed by atoms with van der Waals surface area (Å²) in [5.74, 6) is 1.62. The van der Waals surface area contributed by atoms with Gasteiger partial charge in [-0.1, -0.05) is 0 Å². The standard InChI is InChI=1S/C12H23NO2/c1-13-7-10(4-11(13)8-15-2)3-9-5-12(14)6-9/h9-12,14H,3-8H2,1-2H3. The summed E-state index contributed by atoms with van der Waals surface area (Å²) in [5, 5.41) is 9.25. The molecule has 2 atom stereocenters. The van der Waals surface area contributed by atoms with Gasteiger partial charge in [-0.25, -0.2) is 0 Å². The van der Waals surface area contributed by atoms with Crippen molar-refractivity contribution in [1.29, 1.82) is 0 Å². The fourth-order valence-electron chi connectivity index (χ4n) is 3.12. The third-order valence-corrected chi connectivity index (χ3v) is 4.01. The van der Waals surface area contributed by atoms with Crippen LogP contribution in [0, 0.1) is 11.8 Å². The summed E-state index contributed by atoms with van der Waals surface area (Å²) in [4.78, 5) is 2.42. The van der Waals surface area contributed by atoms with Crippen LogP contribution in [0.15, 0.2) is 0 Å². The SMILES string of the molecule is COCC1CC(CC2CC(O)C2)CN1C. The first kappa shape index (κ1) is 11.4. The molecule has 0 aromatic heterocycles. The molecule has 0 bridgehead atoms. The molecule has 0 amide bonds. The van der Waals surface area contributed by atoms with E-state index in [1.165, 1.54) is 19.4 Å². The second-order valence-corrected chi connectivity index (χ2v) is 5.38. The van der Waals surface area contributed by atoms with Crippen LogP contribution < -0.4 is 0 Å². The van der Waals surface area contributed by atoms with Crippen LogP contribution in [-0.2, 0) is 4.74 Å². The van der Waals surface area contributed by atoms with E-state index in [1.807, 2.05) is 0 Å². The Bertz CT molecular complexity index is 202. The first-order chi connectivity index (χ1) is 7.19. The lowest BCUT2D eigenvalue weighted by molar-refractivity contribution is 0.0321. The summed E-state index contributed by atoms with van der Waals surface area (Å²) in [6, 6.07) is 0.616. The number of likely N-dealkylation sites (N-methyl/N-ethyl adjacent to an activating group) is 1. The fraction of sp³-hybridized carbons (Fsp3) is 1.00. The lowest BCUT2D eigenvalue weighted by Crippen LogP contribution is -2.30. The predicted molar refractivity (Wildman–Crippen MR) is 59.7 cm³/mol. The monoisotopic (exact) mass is 213 g/mol. The molecule has 1 N–H and O–H groups in total. The van der Waals surface area contributed by atoms with Gasteiger partial charge in [-0.15, -0.1) is 0 Å². The molecule has 0 radical (unpaired) electrons. The van der Waals surface area contributed by atoms with Crippen molar-refractivity contribution in [2.45, 2.75) is 37.8 Å². The molecule has 0 aromatic rings. The van der Waals surface area contributed by atoms with E-state index in [4.69, 9.17) is 4.74 Å². The van der Waals surface area contributed by atoms with E-state index in [0.717, 1.165) is 31.3 Å². The molecule has 2 rings (SSSR count). The molecule has 0 spiro atoms. The van der Waals surface area contributed by atoms with Gasteiger partial charge in [0.15, 0.2) is 0 Å². The number of hydrogen-bond acceptors (Lipinski definition) is 3. The maximum absolute atomic E-state index is 9.25. The molecule has 1 saturated carbocycles. The Balaban J connectivity index is 1.71. The molecular formula is C12H23NO2. The van der Waals surface area contributed by atoms with Crippen molar-refractivity contribution in [3.8, 4) is 0 Å². The first-order valence-corrected chi connectivity index (χ1v) is 6.06. The molecule has 3 nitrogen and oxygen atoms in total. The molecule has 1 aliphatic carbocycles. The van der Waals surface area contributed by atoms with Gasteiger partial charge in [0.25, 0.3) is 0 Å². The van der Waals surface area contributed by atoms with Crippen LogP contribution in [0.25, 0.3) is 0 Å². The van der Waals surface area contributed by atoms with E-state index in [1.54, 1.807) is 7.11 Å². The third kappa shape index (κ3) is 2.71. The Morgan fingerprint density at radius 3 is 2.60 bits per heavy atom. The van der Waals surface area contributed by atoms with Gasteiger partial charge in [-0.2, -0.15) is 0 Å². The average molecular weight is 213 g/mol. The normalized spacial score (nSPS) is 41.8. The molecule has 1 aliphatic heterocycles. The van der Waals surface area contributed by atoms with Crippen LogP contribution in [-0.4, -0.2) is 49.5 Å². The van der Waals surface area contributed by atoms with Gasteiger partial charge in [0, 0.05) is 19.7 Å². The summed E-state index contributed by atoms with van der Waals surface area (Å²) in [7, 11) is 3.97. The van der Waals surface area contributed by atoms with Gasteiger partial charge < -0.3 is 14.7 Å². The van der Waals surface area contributed by atoms with E-state index < -0.39 is 0 Å². The minimum atomic E-state index is 0.00362. The third-order valence-electron chi connectivity index (χ3n) is 4.01. The van der Waals surface area contributed by atoms with E-state index >= 15 is 0 Å². The van der Waals surface area contributed by atoms with Crippen LogP contribution >= 0.6 is 0 Å². The largest absolute Gasteiger partial charge is 0.393 e. The van der Waals surface area contributed by atoms with Crippen LogP contribution in [0.5, 0.6) is 0 Å². The molecule has 2 fully saturated rings. The maximum atomic E-state index is 9.25. The number of likely N-dealkylation sites (tertiary alicyclic amines) is 1. The summed E-state index contributed by atoms with van der Waals surface area (Å²) in [6.07, 6.45) is 4.66. The Morgan fingerprint density at radius 2 is 2.00 bits per heavy atom. The molecule has 1 heterocycles. The number of rotatable bonds is 4. The average Bonchev–Trinajstić information content (AvgIpc) is 2.45. The van der Waals surface area contributed by atoms with Crippen LogP contribution in [0.2, 0.25) is 0 Å². The quantitative estimate of drug-likeness (QED) is 0.759. The number of hydrogen-bond donors (Lipinski definition) is 1. The van der Waals surface area contributed by atoms with Crippen molar-refractivity contribution < 1.29 is 9.84 Å². The zero-order valence-electron chi connectivity index (χ0n) is 9.85. The smallest absolute Gasteiger partial charge is 0.0618 e. The van der Waals surface area contributed by atoms with Crippen molar-refractivity contribution in [3.63, 3.8) is 0 Å². The van der Waals surface area contributed by atoms with Crippen molar-refractivity contribution in [2.24, 2.45) is 11.8 Å². The molecular weight excluding hydrogens is 190 g/mol. The lowest BCUT2D eigenvalue weighted by Gasteiger charge is -2.33. The number of aliphatic hydroxyl groups excluding tert-OH is 1. The molecule has 0 aromatic carbocycles. The van der Waals surface area contributed by atoms with E-state index in [-0.39, 0.29) is 6.10 Å². The zero-order chi connectivity index (χ0) is 10.8. The summed E-state index contributed by atoms with van der Waals surface area (Å²) in [5.41, 5.74) is 0. The van der Waals surface area contributed by atoms with Crippen molar-refractivity contribution >= 4 is 0 Å². The van der Waals surface area contributed by atoms with Crippen LogP contribution in [0.1, 0.15) is 25.7 Å². The second kappa shape index (κ2) is 4.81. The first-order valence-electron chi connectivity index (χ1n) is 6.06. The molecule has 15 heavy (non-hydrogen) atoms. The Morgan fingerprint density at radius 1 is 1.27 bits per heavy atom. The molecule has 2 unspecified atom stereocenters. The second-order valence-electron chi connectivity index (χ2n) is 5.38. The molecule has 3 heteroatoms. The van der Waals surface area contributed by atoms with Gasteiger partial charge in [0.05, 0.1) is 12.7 Å². The van der Waals surface area contributed by atoms with Crippen molar-refractivity contribution in [3.05, 3.63) is 0 Å². The topological polar surface area (TPSA) is 32.7 Å². The number of nitrogens with zero attached hydrogens (tertiary/aromatic N) is 1. The van der Waals surface area contributed by atoms with Crippen LogP contribution in [0.4, 0.5) is 0 Å². The minimum absolute atomic E-state index is 0.00362. The molecule has 1 saturated heterocycles. The highest BCUT2D eigenvalue weighted by atomic mass is 16.5. The van der Waals surface area contributed by atoms with Gasteiger partial charge in [0.2, 0.25) is 0 Å². The zero-order valence-corrected chi connectivity index (χ0v) is 9.85. The van der Waals surface area contributed by atoms with Crippen LogP contribution in [0.3, 0.4) is 0 Å². The number of methoxy groups -OCH3 is 1. The van der Waals surface area contributed by atoms with Gasteiger partial charge >= 0.3 is 0 Å². The predicted octanol–water partition coefficient (Wildman–Crippen LogP) is 1.11. The van der Waals surface area contributed by atoms with E-state index in [9.17, 15) is 5.11 Å². The maximum Gasteiger partial charge on any atom is 0.0618 e. The highest BCUT2D eigenvalue weighted by Crippen LogP contribution is 2.36. The van der Waals surface area contributed by atoms with Gasteiger partial charge in [0.1, 0.15) is 0 Å². The highest BCUT2D eigenvalue weighted by Gasteiger charge is 2.34. The van der Waals surface area contributed by atoms with E-state index in [0.29, 0.717) is 6.04 Å². The van der Waals surface area contributed by atoms with Gasteiger partial charge in [-0.3, -0.25) is 0 Å².